The fraction of sp³-hybridized carbons (Fsp3) is 0.0714. The van der Waals surface area contributed by atoms with Crippen LogP contribution >= 0.6 is 23.2 Å². The van der Waals surface area contributed by atoms with Crippen molar-refractivity contribution in [2.24, 2.45) is 0 Å². The van der Waals surface area contributed by atoms with E-state index in [1.54, 1.807) is 84.9 Å². The van der Waals surface area contributed by atoms with Gasteiger partial charge in [-0.2, -0.15) is 0 Å². The molecule has 0 aliphatic rings. The molecule has 0 unspecified atom stereocenters. The van der Waals surface area contributed by atoms with Crippen molar-refractivity contribution in [3.05, 3.63) is 117 Å². The van der Waals surface area contributed by atoms with Gasteiger partial charge in [0.15, 0.2) is 0 Å². The van der Waals surface area contributed by atoms with Crippen LogP contribution in [0.25, 0.3) is 0 Å². The fourth-order valence-electron chi connectivity index (χ4n) is 3.36. The third-order valence-electron chi connectivity index (χ3n) is 5.50. The second-order valence-corrected chi connectivity index (χ2v) is 8.70. The quantitative estimate of drug-likeness (QED) is 0.280. The Hall–Kier alpha value is -3.80. The number of carbonyl (C=O) groups excluding carboxylic acids is 2. The molecular formula is C28H22Cl2N2O3. The van der Waals surface area contributed by atoms with Crippen LogP contribution in [0.4, 0.5) is 11.4 Å². The number of amides is 2. The highest BCUT2D eigenvalue weighted by Gasteiger charge is 2.11. The number of hydrogen-bond donors (Lipinski definition) is 2. The third-order valence-corrected chi connectivity index (χ3v) is 6.32. The number of benzene rings is 4. The van der Waals surface area contributed by atoms with E-state index in [4.69, 9.17) is 27.9 Å². The van der Waals surface area contributed by atoms with Crippen molar-refractivity contribution < 1.29 is 14.3 Å². The highest BCUT2D eigenvalue weighted by atomic mass is 35.5. The molecule has 4 rings (SSSR count). The van der Waals surface area contributed by atoms with Gasteiger partial charge in [-0.15, -0.1) is 0 Å². The van der Waals surface area contributed by atoms with Crippen LogP contribution < -0.4 is 15.4 Å². The summed E-state index contributed by atoms with van der Waals surface area (Å²) >= 11 is 12.2. The molecule has 4 aromatic carbocycles. The smallest absolute Gasteiger partial charge is 0.255 e. The predicted molar refractivity (Wildman–Crippen MR) is 141 cm³/mol. The molecule has 0 aromatic heterocycles. The van der Waals surface area contributed by atoms with Crippen LogP contribution in [-0.2, 0) is 0 Å². The van der Waals surface area contributed by atoms with Gasteiger partial charge in [-0.3, -0.25) is 9.59 Å². The van der Waals surface area contributed by atoms with E-state index in [0.29, 0.717) is 44.0 Å². The second-order valence-electron chi connectivity index (χ2n) is 7.88. The minimum absolute atomic E-state index is 0.243. The SMILES string of the molecule is Cc1c(Cl)cccc1NC(=O)c1ccc(Oc2ccc(C(=O)Nc3cccc(Cl)c3C)cc2)cc1. The first-order valence-electron chi connectivity index (χ1n) is 10.8. The number of ether oxygens (including phenoxy) is 1. The number of carbonyl (C=O) groups is 2. The van der Waals surface area contributed by atoms with Crippen LogP contribution in [0.3, 0.4) is 0 Å². The molecule has 0 aliphatic carbocycles. The molecule has 5 nitrogen and oxygen atoms in total. The lowest BCUT2D eigenvalue weighted by molar-refractivity contribution is 0.101. The molecule has 2 N–H and O–H groups in total. The molecular weight excluding hydrogens is 483 g/mol. The first-order valence-corrected chi connectivity index (χ1v) is 11.6. The van der Waals surface area contributed by atoms with Gasteiger partial charge in [-0.25, -0.2) is 0 Å². The zero-order valence-corrected chi connectivity index (χ0v) is 20.6. The summed E-state index contributed by atoms with van der Waals surface area (Å²) in [5, 5.41) is 6.92. The first kappa shape index (κ1) is 24.3. The maximum atomic E-state index is 12.6. The Morgan fingerprint density at radius 2 is 0.971 bits per heavy atom. The van der Waals surface area contributed by atoms with Gasteiger partial charge < -0.3 is 15.4 Å². The maximum absolute atomic E-state index is 12.6. The lowest BCUT2D eigenvalue weighted by atomic mass is 10.1. The number of rotatable bonds is 6. The van der Waals surface area contributed by atoms with E-state index < -0.39 is 0 Å². The standard InChI is InChI=1S/C28H22Cl2N2O3/c1-17-23(29)5-3-7-25(17)31-27(33)19-9-13-21(14-10-19)35-22-15-11-20(12-16-22)28(34)32-26-8-4-6-24(30)18(26)2/h3-16H,1-2H3,(H,31,33)(H,32,34). The van der Waals surface area contributed by atoms with Crippen molar-refractivity contribution >= 4 is 46.4 Å². The molecule has 0 bridgehead atoms. The predicted octanol–water partition coefficient (Wildman–Crippen LogP) is 7.91. The molecule has 0 atom stereocenters. The van der Waals surface area contributed by atoms with E-state index in [9.17, 15) is 9.59 Å². The Morgan fingerprint density at radius 3 is 1.34 bits per heavy atom. The molecule has 35 heavy (non-hydrogen) atoms. The van der Waals surface area contributed by atoms with E-state index >= 15 is 0 Å². The minimum atomic E-state index is -0.243. The molecule has 0 aliphatic heterocycles. The van der Waals surface area contributed by atoms with Crippen LogP contribution in [0, 0.1) is 13.8 Å². The lowest BCUT2D eigenvalue weighted by Crippen LogP contribution is -2.12. The van der Waals surface area contributed by atoms with Gasteiger partial charge in [0.2, 0.25) is 0 Å². The minimum Gasteiger partial charge on any atom is -0.457 e. The van der Waals surface area contributed by atoms with Crippen molar-refractivity contribution in [3.63, 3.8) is 0 Å². The topological polar surface area (TPSA) is 67.4 Å². The van der Waals surface area contributed by atoms with Crippen LogP contribution in [-0.4, -0.2) is 11.8 Å². The van der Waals surface area contributed by atoms with Crippen molar-refractivity contribution in [2.75, 3.05) is 10.6 Å². The van der Waals surface area contributed by atoms with Crippen LogP contribution in [0.1, 0.15) is 31.8 Å². The fourth-order valence-corrected chi connectivity index (χ4v) is 3.71. The van der Waals surface area contributed by atoms with Crippen molar-refractivity contribution in [1.82, 2.24) is 0 Å². The van der Waals surface area contributed by atoms with E-state index in [-0.39, 0.29) is 11.8 Å². The molecule has 2 amide bonds. The van der Waals surface area contributed by atoms with E-state index in [1.165, 1.54) is 0 Å². The normalized spacial score (nSPS) is 10.5. The van der Waals surface area contributed by atoms with Crippen molar-refractivity contribution in [2.45, 2.75) is 13.8 Å². The highest BCUT2D eigenvalue weighted by Crippen LogP contribution is 2.26. The average Bonchev–Trinajstić information content (AvgIpc) is 2.85. The molecule has 7 heteroatoms. The maximum Gasteiger partial charge on any atom is 0.255 e. The summed E-state index contributed by atoms with van der Waals surface area (Å²) in [5.41, 5.74) is 3.92. The zero-order valence-electron chi connectivity index (χ0n) is 19.1. The van der Waals surface area contributed by atoms with Gasteiger partial charge in [0, 0.05) is 32.5 Å². The molecule has 0 saturated carbocycles. The Kier molecular flexibility index (Phi) is 7.39. The second kappa shape index (κ2) is 10.6. The number of hydrogen-bond acceptors (Lipinski definition) is 3. The first-order chi connectivity index (χ1) is 16.8. The lowest BCUT2D eigenvalue weighted by Gasteiger charge is -2.11. The Labute approximate surface area is 213 Å². The van der Waals surface area contributed by atoms with E-state index in [0.717, 1.165) is 11.1 Å². The van der Waals surface area contributed by atoms with Gasteiger partial charge in [0.05, 0.1) is 0 Å². The van der Waals surface area contributed by atoms with Crippen LogP contribution in [0.5, 0.6) is 11.5 Å². The Morgan fingerprint density at radius 1 is 0.600 bits per heavy atom. The van der Waals surface area contributed by atoms with Gasteiger partial charge in [-0.1, -0.05) is 35.3 Å². The summed E-state index contributed by atoms with van der Waals surface area (Å²) in [6.45, 7) is 3.70. The zero-order chi connectivity index (χ0) is 24.9. The molecule has 0 fully saturated rings. The van der Waals surface area contributed by atoms with E-state index in [2.05, 4.69) is 10.6 Å². The number of halogens is 2. The summed E-state index contributed by atoms with van der Waals surface area (Å²) < 4.78 is 5.86. The largest absolute Gasteiger partial charge is 0.457 e. The monoisotopic (exact) mass is 504 g/mol. The summed E-state index contributed by atoms with van der Waals surface area (Å²) in [6, 6.07) is 24.3. The number of anilines is 2. The molecule has 0 radical (unpaired) electrons. The van der Waals surface area contributed by atoms with Crippen LogP contribution in [0.15, 0.2) is 84.9 Å². The average molecular weight is 505 g/mol. The van der Waals surface area contributed by atoms with Gasteiger partial charge >= 0.3 is 0 Å². The third kappa shape index (κ3) is 5.83. The molecule has 0 saturated heterocycles. The number of nitrogens with one attached hydrogen (secondary N) is 2. The summed E-state index contributed by atoms with van der Waals surface area (Å²) in [5.74, 6) is 0.638. The Balaban J connectivity index is 1.38. The van der Waals surface area contributed by atoms with Crippen molar-refractivity contribution in [3.8, 4) is 11.5 Å². The highest BCUT2D eigenvalue weighted by molar-refractivity contribution is 6.32. The van der Waals surface area contributed by atoms with Gasteiger partial charge in [0.25, 0.3) is 11.8 Å². The van der Waals surface area contributed by atoms with E-state index in [1.807, 2.05) is 13.8 Å². The van der Waals surface area contributed by atoms with Crippen molar-refractivity contribution in [1.29, 1.82) is 0 Å². The summed E-state index contributed by atoms with van der Waals surface area (Å²) in [7, 11) is 0. The summed E-state index contributed by atoms with van der Waals surface area (Å²) in [4.78, 5) is 25.2. The molecule has 176 valence electrons. The molecule has 0 heterocycles. The van der Waals surface area contributed by atoms with Crippen LogP contribution in [0.2, 0.25) is 10.0 Å². The van der Waals surface area contributed by atoms with Gasteiger partial charge in [-0.05, 0) is 97.8 Å². The Bertz CT molecular complexity index is 1280. The summed E-state index contributed by atoms with van der Waals surface area (Å²) in [6.07, 6.45) is 0. The molecule has 4 aromatic rings. The molecule has 0 spiro atoms. The van der Waals surface area contributed by atoms with Gasteiger partial charge in [0.1, 0.15) is 11.5 Å².